The molecule has 1 aromatic heterocycles. The zero-order chi connectivity index (χ0) is 18.6. The van der Waals surface area contributed by atoms with E-state index in [4.69, 9.17) is 10.1 Å². The molecular formula is C24H21N3. The van der Waals surface area contributed by atoms with E-state index in [1.54, 1.807) is 0 Å². The minimum Gasteiger partial charge on any atom is -0.256 e. The molecule has 0 bridgehead atoms. The van der Waals surface area contributed by atoms with Crippen molar-refractivity contribution < 1.29 is 0 Å². The van der Waals surface area contributed by atoms with E-state index in [0.717, 1.165) is 28.2 Å². The molecule has 0 aliphatic carbocycles. The van der Waals surface area contributed by atoms with E-state index in [2.05, 4.69) is 44.2 Å². The summed E-state index contributed by atoms with van der Waals surface area (Å²) in [4.78, 5) is 4.79. The molecular weight excluding hydrogens is 330 g/mol. The van der Waals surface area contributed by atoms with Gasteiger partial charge in [0.1, 0.15) is 5.69 Å². The van der Waals surface area contributed by atoms with Crippen molar-refractivity contribution in [3.63, 3.8) is 0 Å². The van der Waals surface area contributed by atoms with Crippen LogP contribution in [0.25, 0.3) is 16.9 Å². The zero-order valence-electron chi connectivity index (χ0n) is 15.5. The van der Waals surface area contributed by atoms with E-state index < -0.39 is 0 Å². The van der Waals surface area contributed by atoms with Gasteiger partial charge >= 0.3 is 0 Å². The first-order valence-corrected chi connectivity index (χ1v) is 9.03. The topological polar surface area (TPSA) is 30.2 Å². The first kappa shape index (κ1) is 17.0. The number of benzene rings is 3. The molecule has 27 heavy (non-hydrogen) atoms. The Morgan fingerprint density at radius 2 is 1.41 bits per heavy atom. The third-order valence-electron chi connectivity index (χ3n) is 4.58. The molecule has 0 saturated heterocycles. The maximum absolute atomic E-state index is 4.83. The SMILES string of the molecule is Cc1cccc(C)c1N=Cc1cn(-c2ccccc2)nc1-c1ccccc1. The van der Waals surface area contributed by atoms with Crippen LogP contribution in [-0.2, 0) is 0 Å². The van der Waals surface area contributed by atoms with Gasteiger partial charge in [0.05, 0.1) is 11.4 Å². The van der Waals surface area contributed by atoms with Crippen molar-refractivity contribution in [2.45, 2.75) is 13.8 Å². The smallest absolute Gasteiger partial charge is 0.101 e. The Morgan fingerprint density at radius 3 is 2.07 bits per heavy atom. The van der Waals surface area contributed by atoms with Gasteiger partial charge in [-0.3, -0.25) is 4.99 Å². The van der Waals surface area contributed by atoms with Crippen molar-refractivity contribution in [3.05, 3.63) is 102 Å². The Morgan fingerprint density at radius 1 is 0.778 bits per heavy atom. The molecule has 4 aromatic rings. The van der Waals surface area contributed by atoms with Crippen LogP contribution in [0.1, 0.15) is 16.7 Å². The number of hydrogen-bond acceptors (Lipinski definition) is 2. The fraction of sp³-hybridized carbons (Fsp3) is 0.0833. The molecule has 4 rings (SSSR count). The van der Waals surface area contributed by atoms with Gasteiger partial charge in [0.2, 0.25) is 0 Å². The minimum atomic E-state index is 0.925. The molecule has 1 heterocycles. The molecule has 0 saturated carbocycles. The van der Waals surface area contributed by atoms with E-state index in [0.29, 0.717) is 0 Å². The van der Waals surface area contributed by atoms with Crippen LogP contribution in [-0.4, -0.2) is 16.0 Å². The molecule has 0 aliphatic heterocycles. The summed E-state index contributed by atoms with van der Waals surface area (Å²) in [5.41, 5.74) is 7.38. The van der Waals surface area contributed by atoms with Gasteiger partial charge in [-0.2, -0.15) is 5.10 Å². The van der Waals surface area contributed by atoms with Crippen LogP contribution in [0.3, 0.4) is 0 Å². The lowest BCUT2D eigenvalue weighted by Gasteiger charge is -2.03. The standard InChI is InChI=1S/C24H21N3/c1-18-10-9-11-19(2)23(18)25-16-21-17-27(22-14-7-4-8-15-22)26-24(21)20-12-5-3-6-13-20/h3-17H,1-2H3. The second-order valence-electron chi connectivity index (χ2n) is 6.58. The molecule has 0 radical (unpaired) electrons. The Labute approximate surface area is 159 Å². The molecule has 3 heteroatoms. The van der Waals surface area contributed by atoms with Gasteiger partial charge in [0.25, 0.3) is 0 Å². The lowest BCUT2D eigenvalue weighted by molar-refractivity contribution is 0.884. The molecule has 0 unspecified atom stereocenters. The van der Waals surface area contributed by atoms with Crippen molar-refractivity contribution in [1.82, 2.24) is 9.78 Å². The van der Waals surface area contributed by atoms with E-state index in [1.165, 1.54) is 11.1 Å². The zero-order valence-corrected chi connectivity index (χ0v) is 15.5. The average molecular weight is 351 g/mol. The highest BCUT2D eigenvalue weighted by Crippen LogP contribution is 2.26. The van der Waals surface area contributed by atoms with Crippen molar-refractivity contribution in [1.29, 1.82) is 0 Å². The number of hydrogen-bond donors (Lipinski definition) is 0. The van der Waals surface area contributed by atoms with Gasteiger partial charge in [-0.1, -0.05) is 66.7 Å². The van der Waals surface area contributed by atoms with Crippen LogP contribution in [0.4, 0.5) is 5.69 Å². The fourth-order valence-corrected chi connectivity index (χ4v) is 3.16. The summed E-state index contributed by atoms with van der Waals surface area (Å²) in [5, 5.41) is 4.83. The van der Waals surface area contributed by atoms with Crippen molar-refractivity contribution in [3.8, 4) is 16.9 Å². The van der Waals surface area contributed by atoms with Crippen molar-refractivity contribution >= 4 is 11.9 Å². The normalized spacial score (nSPS) is 11.2. The predicted octanol–water partition coefficient (Wildman–Crippen LogP) is 5.91. The van der Waals surface area contributed by atoms with Gasteiger partial charge in [0, 0.05) is 23.5 Å². The first-order valence-electron chi connectivity index (χ1n) is 9.03. The van der Waals surface area contributed by atoms with E-state index in [9.17, 15) is 0 Å². The van der Waals surface area contributed by atoms with Gasteiger partial charge in [0.15, 0.2) is 0 Å². The highest BCUT2D eigenvalue weighted by Gasteiger charge is 2.11. The fourth-order valence-electron chi connectivity index (χ4n) is 3.16. The predicted molar refractivity (Wildman–Crippen MR) is 112 cm³/mol. The van der Waals surface area contributed by atoms with Crippen LogP contribution in [0.15, 0.2) is 90.1 Å². The quantitative estimate of drug-likeness (QED) is 0.421. The first-order chi connectivity index (χ1) is 13.2. The van der Waals surface area contributed by atoms with Crippen molar-refractivity contribution in [2.24, 2.45) is 4.99 Å². The van der Waals surface area contributed by atoms with Gasteiger partial charge < -0.3 is 0 Å². The van der Waals surface area contributed by atoms with Gasteiger partial charge in [-0.15, -0.1) is 0 Å². The number of para-hydroxylation sites is 2. The number of rotatable bonds is 4. The summed E-state index contributed by atoms with van der Waals surface area (Å²) in [6.07, 6.45) is 3.96. The molecule has 3 aromatic carbocycles. The Kier molecular flexibility index (Phi) is 4.67. The van der Waals surface area contributed by atoms with Crippen LogP contribution >= 0.6 is 0 Å². The maximum Gasteiger partial charge on any atom is 0.101 e. The van der Waals surface area contributed by atoms with Gasteiger partial charge in [-0.25, -0.2) is 4.68 Å². The molecule has 3 nitrogen and oxygen atoms in total. The highest BCUT2D eigenvalue weighted by molar-refractivity contribution is 5.90. The second kappa shape index (κ2) is 7.42. The Bertz CT molecular complexity index is 1060. The summed E-state index contributed by atoms with van der Waals surface area (Å²) in [6.45, 7) is 4.18. The molecule has 0 aliphatic rings. The third-order valence-corrected chi connectivity index (χ3v) is 4.58. The average Bonchev–Trinajstić information content (AvgIpc) is 3.13. The van der Waals surface area contributed by atoms with E-state index in [-0.39, 0.29) is 0 Å². The highest BCUT2D eigenvalue weighted by atomic mass is 15.3. The molecule has 0 spiro atoms. The Balaban J connectivity index is 1.81. The monoisotopic (exact) mass is 351 g/mol. The van der Waals surface area contributed by atoms with Crippen LogP contribution in [0.2, 0.25) is 0 Å². The molecule has 0 N–H and O–H groups in total. The summed E-state index contributed by atoms with van der Waals surface area (Å²) >= 11 is 0. The summed E-state index contributed by atoms with van der Waals surface area (Å²) in [7, 11) is 0. The number of aryl methyl sites for hydroxylation is 2. The molecule has 0 amide bonds. The van der Waals surface area contributed by atoms with Crippen molar-refractivity contribution in [2.75, 3.05) is 0 Å². The van der Waals surface area contributed by atoms with Crippen LogP contribution in [0, 0.1) is 13.8 Å². The van der Waals surface area contributed by atoms with Crippen LogP contribution in [0.5, 0.6) is 0 Å². The molecule has 132 valence electrons. The summed E-state index contributed by atoms with van der Waals surface area (Å²) in [5.74, 6) is 0. The second-order valence-corrected chi connectivity index (χ2v) is 6.58. The largest absolute Gasteiger partial charge is 0.256 e. The number of nitrogens with zero attached hydrogens (tertiary/aromatic N) is 3. The number of aromatic nitrogens is 2. The minimum absolute atomic E-state index is 0.925. The maximum atomic E-state index is 4.83. The van der Waals surface area contributed by atoms with E-state index >= 15 is 0 Å². The van der Waals surface area contributed by atoms with E-state index in [1.807, 2.05) is 65.6 Å². The lowest BCUT2D eigenvalue weighted by atomic mass is 10.1. The Hall–Kier alpha value is -3.46. The molecule has 0 atom stereocenters. The summed E-state index contributed by atoms with van der Waals surface area (Å²) in [6, 6.07) is 26.6. The third kappa shape index (κ3) is 3.58. The van der Waals surface area contributed by atoms with Gasteiger partial charge in [-0.05, 0) is 37.1 Å². The lowest BCUT2D eigenvalue weighted by Crippen LogP contribution is -1.93. The van der Waals surface area contributed by atoms with Crippen LogP contribution < -0.4 is 0 Å². The summed E-state index contributed by atoms with van der Waals surface area (Å²) < 4.78 is 1.91. The molecule has 0 fully saturated rings. The number of aliphatic imine (C=N–C) groups is 1.